The third-order valence-electron chi connectivity index (χ3n) is 6.44. The van der Waals surface area contributed by atoms with E-state index < -0.39 is 21.7 Å². The van der Waals surface area contributed by atoms with Crippen LogP contribution in [0.5, 0.6) is 0 Å². The van der Waals surface area contributed by atoms with E-state index >= 15 is 0 Å². The van der Waals surface area contributed by atoms with Crippen molar-refractivity contribution in [3.63, 3.8) is 0 Å². The standard InChI is InChI=1S/C27H24F2N4O3S/c1-31-26-14-15-32(37(35,36)23-9-5-6-21(29)16-23)17-24(26)25(30-31)18-33(22-7-3-2-4-8-22)27(34)19-10-12-20(28)13-11-19/h2-13,16H,14-15,17-18H2,1H3. The molecule has 2 heterocycles. The van der Waals surface area contributed by atoms with Crippen LogP contribution in [0.4, 0.5) is 14.5 Å². The maximum absolute atomic E-state index is 13.8. The molecule has 0 radical (unpaired) electrons. The molecule has 1 aliphatic rings. The Morgan fingerprint density at radius 1 is 0.973 bits per heavy atom. The summed E-state index contributed by atoms with van der Waals surface area (Å²) in [7, 11) is -2.15. The molecule has 37 heavy (non-hydrogen) atoms. The van der Waals surface area contributed by atoms with Gasteiger partial charge in [-0.05, 0) is 54.6 Å². The number of sulfonamides is 1. The number of carbonyl (C=O) groups excluding carboxylic acids is 1. The van der Waals surface area contributed by atoms with Crippen molar-refractivity contribution in [2.75, 3.05) is 11.4 Å². The van der Waals surface area contributed by atoms with Gasteiger partial charge in [-0.3, -0.25) is 9.48 Å². The summed E-state index contributed by atoms with van der Waals surface area (Å²) in [5, 5.41) is 4.63. The first-order chi connectivity index (χ1) is 17.7. The Labute approximate surface area is 213 Å². The number of benzene rings is 3. The third kappa shape index (κ3) is 4.90. The number of hydrogen-bond acceptors (Lipinski definition) is 4. The Hall–Kier alpha value is -3.89. The zero-order valence-electron chi connectivity index (χ0n) is 20.0. The molecule has 1 amide bonds. The molecular weight excluding hydrogens is 498 g/mol. The smallest absolute Gasteiger partial charge is 0.258 e. The lowest BCUT2D eigenvalue weighted by Crippen LogP contribution is -2.37. The number of carbonyl (C=O) groups is 1. The van der Waals surface area contributed by atoms with Crippen molar-refractivity contribution in [3.05, 3.63) is 113 Å². The monoisotopic (exact) mass is 522 g/mol. The van der Waals surface area contributed by atoms with Crippen molar-refractivity contribution in [3.8, 4) is 0 Å². The molecule has 0 N–H and O–H groups in total. The van der Waals surface area contributed by atoms with E-state index in [1.54, 1.807) is 23.9 Å². The molecule has 4 aromatic rings. The lowest BCUT2D eigenvalue weighted by molar-refractivity contribution is 0.0984. The normalized spacial score (nSPS) is 13.8. The summed E-state index contributed by atoms with van der Waals surface area (Å²) in [6.07, 6.45) is 0.421. The number of nitrogens with zero attached hydrogens (tertiary/aromatic N) is 4. The number of anilines is 1. The van der Waals surface area contributed by atoms with Crippen molar-refractivity contribution >= 4 is 21.6 Å². The van der Waals surface area contributed by atoms with Crippen LogP contribution in [0, 0.1) is 11.6 Å². The molecular formula is C27H24F2N4O3S. The molecule has 1 aliphatic heterocycles. The van der Waals surface area contributed by atoms with Crippen LogP contribution in [-0.4, -0.2) is 35.0 Å². The molecule has 7 nitrogen and oxygen atoms in total. The maximum atomic E-state index is 13.8. The maximum Gasteiger partial charge on any atom is 0.258 e. The fraction of sp³-hybridized carbons (Fsp3) is 0.185. The van der Waals surface area contributed by atoms with E-state index in [2.05, 4.69) is 5.10 Å². The van der Waals surface area contributed by atoms with Crippen molar-refractivity contribution < 1.29 is 22.0 Å². The van der Waals surface area contributed by atoms with Crippen molar-refractivity contribution in [1.82, 2.24) is 14.1 Å². The summed E-state index contributed by atoms with van der Waals surface area (Å²) in [6, 6.07) is 19.3. The second kappa shape index (κ2) is 9.87. The largest absolute Gasteiger partial charge is 0.302 e. The molecule has 0 atom stereocenters. The first-order valence-corrected chi connectivity index (χ1v) is 13.1. The van der Waals surface area contributed by atoms with Crippen molar-refractivity contribution in [2.24, 2.45) is 7.05 Å². The zero-order valence-corrected chi connectivity index (χ0v) is 20.8. The number of amides is 1. The molecule has 0 saturated carbocycles. The van der Waals surface area contributed by atoms with Gasteiger partial charge in [0.15, 0.2) is 0 Å². The van der Waals surface area contributed by atoms with E-state index in [4.69, 9.17) is 0 Å². The van der Waals surface area contributed by atoms with Gasteiger partial charge in [0, 0.05) is 49.1 Å². The first-order valence-electron chi connectivity index (χ1n) is 11.7. The first kappa shape index (κ1) is 24.8. The zero-order chi connectivity index (χ0) is 26.2. The minimum atomic E-state index is -3.94. The molecule has 0 fully saturated rings. The fourth-order valence-corrected chi connectivity index (χ4v) is 5.98. The summed E-state index contributed by atoms with van der Waals surface area (Å²) in [4.78, 5) is 14.9. The number of aryl methyl sites for hydroxylation is 1. The molecule has 10 heteroatoms. The lowest BCUT2D eigenvalue weighted by Gasteiger charge is -2.28. The van der Waals surface area contributed by atoms with E-state index in [-0.39, 0.29) is 30.4 Å². The predicted octanol–water partition coefficient (Wildman–Crippen LogP) is 4.29. The van der Waals surface area contributed by atoms with Gasteiger partial charge >= 0.3 is 0 Å². The van der Waals surface area contributed by atoms with E-state index in [1.165, 1.54) is 51.7 Å². The van der Waals surface area contributed by atoms with Crippen molar-refractivity contribution in [1.29, 1.82) is 0 Å². The highest BCUT2D eigenvalue weighted by atomic mass is 32.2. The SMILES string of the molecule is Cn1nc(CN(C(=O)c2ccc(F)cc2)c2ccccc2)c2c1CCN(S(=O)(=O)c1cccc(F)c1)C2. The second-order valence-corrected chi connectivity index (χ2v) is 10.7. The van der Waals surface area contributed by atoms with Gasteiger partial charge in [0.1, 0.15) is 11.6 Å². The number of halogens is 2. The summed E-state index contributed by atoms with van der Waals surface area (Å²) in [5.41, 5.74) is 3.07. The Kier molecular flexibility index (Phi) is 6.61. The van der Waals surface area contributed by atoms with Gasteiger partial charge in [-0.25, -0.2) is 17.2 Å². The summed E-state index contributed by atoms with van der Waals surface area (Å²) < 4.78 is 56.8. The van der Waals surface area contributed by atoms with Crippen LogP contribution in [0.15, 0.2) is 83.8 Å². The minimum Gasteiger partial charge on any atom is -0.302 e. The molecule has 3 aromatic carbocycles. The Morgan fingerprint density at radius 2 is 1.70 bits per heavy atom. The van der Waals surface area contributed by atoms with Crippen LogP contribution in [0.3, 0.4) is 0 Å². The summed E-state index contributed by atoms with van der Waals surface area (Å²) in [6.45, 7) is 0.351. The van der Waals surface area contributed by atoms with Gasteiger partial charge in [0.05, 0.1) is 17.1 Å². The Bertz CT molecular complexity index is 1550. The highest BCUT2D eigenvalue weighted by molar-refractivity contribution is 7.89. The number of rotatable bonds is 6. The van der Waals surface area contributed by atoms with Gasteiger partial charge in [-0.2, -0.15) is 9.40 Å². The second-order valence-electron chi connectivity index (χ2n) is 8.78. The number of hydrogen-bond donors (Lipinski definition) is 0. The van der Waals surface area contributed by atoms with E-state index in [0.29, 0.717) is 28.9 Å². The molecule has 190 valence electrons. The molecule has 1 aromatic heterocycles. The average Bonchev–Trinajstić information content (AvgIpc) is 3.22. The van der Waals surface area contributed by atoms with Crippen LogP contribution in [0.25, 0.3) is 0 Å². The molecule has 0 aliphatic carbocycles. The Balaban J connectivity index is 1.49. The van der Waals surface area contributed by atoms with Crippen LogP contribution in [0.2, 0.25) is 0 Å². The topological polar surface area (TPSA) is 75.5 Å². The quantitative estimate of drug-likeness (QED) is 0.379. The number of fused-ring (bicyclic) bond motifs is 1. The number of aromatic nitrogens is 2. The van der Waals surface area contributed by atoms with E-state index in [0.717, 1.165) is 11.8 Å². The Morgan fingerprint density at radius 3 is 2.41 bits per heavy atom. The van der Waals surface area contributed by atoms with Gasteiger partial charge in [0.2, 0.25) is 10.0 Å². The third-order valence-corrected chi connectivity index (χ3v) is 8.28. The van der Waals surface area contributed by atoms with E-state index in [1.807, 2.05) is 18.2 Å². The molecule has 0 saturated heterocycles. The van der Waals surface area contributed by atoms with Crippen LogP contribution >= 0.6 is 0 Å². The molecule has 5 rings (SSSR count). The predicted molar refractivity (Wildman–Crippen MR) is 134 cm³/mol. The fourth-order valence-electron chi connectivity index (χ4n) is 4.54. The average molecular weight is 523 g/mol. The molecule has 0 spiro atoms. The van der Waals surface area contributed by atoms with Gasteiger partial charge < -0.3 is 4.90 Å². The van der Waals surface area contributed by atoms with Gasteiger partial charge in [-0.1, -0.05) is 24.3 Å². The number of para-hydroxylation sites is 1. The summed E-state index contributed by atoms with van der Waals surface area (Å²) in [5.74, 6) is -1.41. The van der Waals surface area contributed by atoms with Crippen LogP contribution in [0.1, 0.15) is 27.3 Å². The lowest BCUT2D eigenvalue weighted by atomic mass is 10.1. The summed E-state index contributed by atoms with van der Waals surface area (Å²) >= 11 is 0. The highest BCUT2D eigenvalue weighted by Crippen LogP contribution is 2.29. The van der Waals surface area contributed by atoms with Crippen molar-refractivity contribution in [2.45, 2.75) is 24.4 Å². The molecule has 0 bridgehead atoms. The van der Waals surface area contributed by atoms with Crippen LogP contribution < -0.4 is 4.90 Å². The molecule has 0 unspecified atom stereocenters. The van der Waals surface area contributed by atoms with Gasteiger partial charge in [0.25, 0.3) is 5.91 Å². The van der Waals surface area contributed by atoms with E-state index in [9.17, 15) is 22.0 Å². The minimum absolute atomic E-state index is 0.0464. The highest BCUT2D eigenvalue weighted by Gasteiger charge is 2.33. The van der Waals surface area contributed by atoms with Crippen LogP contribution in [-0.2, 0) is 36.6 Å². The van der Waals surface area contributed by atoms with Gasteiger partial charge in [-0.15, -0.1) is 0 Å².